The molecule has 9 heteroatoms. The highest BCUT2D eigenvalue weighted by atomic mass is 16.6. The van der Waals surface area contributed by atoms with Crippen LogP contribution in [0.15, 0.2) is 36.4 Å². The first-order valence-electron chi connectivity index (χ1n) is 10.7. The molecule has 2 aromatic rings. The van der Waals surface area contributed by atoms with E-state index in [4.69, 9.17) is 9.47 Å². The van der Waals surface area contributed by atoms with Crippen LogP contribution in [0, 0.1) is 10.1 Å². The van der Waals surface area contributed by atoms with E-state index in [0.29, 0.717) is 12.4 Å². The van der Waals surface area contributed by atoms with Crippen LogP contribution < -0.4 is 14.8 Å². The van der Waals surface area contributed by atoms with Crippen molar-refractivity contribution >= 4 is 11.6 Å². The number of rotatable bonds is 9. The van der Waals surface area contributed by atoms with Crippen molar-refractivity contribution in [1.82, 2.24) is 15.1 Å². The number of nitrogens with zero attached hydrogens (tertiary/aromatic N) is 3. The average molecular weight is 443 g/mol. The summed E-state index contributed by atoms with van der Waals surface area (Å²) in [5, 5.41) is 14.3. The maximum absolute atomic E-state index is 12.8. The first-order chi connectivity index (χ1) is 15.4. The molecule has 0 aromatic heterocycles. The Balaban J connectivity index is 1.70. The van der Waals surface area contributed by atoms with Gasteiger partial charge in [0.2, 0.25) is 0 Å². The van der Waals surface area contributed by atoms with Crippen LogP contribution in [0.1, 0.15) is 28.4 Å². The minimum atomic E-state index is -0.593. The molecule has 3 rings (SSSR count). The molecule has 0 unspecified atom stereocenters. The number of amides is 1. The van der Waals surface area contributed by atoms with E-state index in [-0.39, 0.29) is 23.5 Å². The fourth-order valence-electron chi connectivity index (χ4n) is 3.69. The van der Waals surface area contributed by atoms with Gasteiger partial charge in [0, 0.05) is 45.3 Å². The van der Waals surface area contributed by atoms with E-state index in [1.165, 1.54) is 24.8 Å². The van der Waals surface area contributed by atoms with Crippen LogP contribution in [-0.4, -0.2) is 67.6 Å². The molecule has 0 bridgehead atoms. The summed E-state index contributed by atoms with van der Waals surface area (Å²) in [6.07, 6.45) is 0. The number of nitrogens with one attached hydrogen (secondary N) is 1. The zero-order valence-electron chi connectivity index (χ0n) is 18.8. The Morgan fingerprint density at radius 2 is 1.84 bits per heavy atom. The quantitative estimate of drug-likeness (QED) is 0.471. The zero-order valence-corrected chi connectivity index (χ0v) is 18.8. The Morgan fingerprint density at radius 1 is 1.12 bits per heavy atom. The van der Waals surface area contributed by atoms with Crippen molar-refractivity contribution in [2.45, 2.75) is 20.0 Å². The Kier molecular flexibility index (Phi) is 8.02. The minimum absolute atomic E-state index is 0.0622. The monoisotopic (exact) mass is 442 g/mol. The Labute approximate surface area is 188 Å². The number of ether oxygens (including phenoxy) is 2. The van der Waals surface area contributed by atoms with E-state index < -0.39 is 10.8 Å². The number of benzene rings is 2. The molecule has 1 aliphatic heterocycles. The van der Waals surface area contributed by atoms with Gasteiger partial charge in [0.1, 0.15) is 5.56 Å². The van der Waals surface area contributed by atoms with E-state index in [0.717, 1.165) is 38.3 Å². The van der Waals surface area contributed by atoms with Gasteiger partial charge in [0.25, 0.3) is 11.6 Å². The number of hydrogen-bond acceptors (Lipinski definition) is 7. The van der Waals surface area contributed by atoms with Crippen LogP contribution in [0.25, 0.3) is 0 Å². The summed E-state index contributed by atoms with van der Waals surface area (Å²) in [4.78, 5) is 28.5. The summed E-state index contributed by atoms with van der Waals surface area (Å²) in [7, 11) is 3.53. The number of hydrogen-bond donors (Lipinski definition) is 1. The largest absolute Gasteiger partial charge is 0.493 e. The molecular weight excluding hydrogens is 412 g/mol. The van der Waals surface area contributed by atoms with Crippen LogP contribution in [0.4, 0.5) is 5.69 Å². The molecule has 9 nitrogen and oxygen atoms in total. The lowest BCUT2D eigenvalue weighted by atomic mass is 10.1. The van der Waals surface area contributed by atoms with Gasteiger partial charge in [-0.05, 0) is 25.1 Å². The fourth-order valence-corrected chi connectivity index (χ4v) is 3.69. The van der Waals surface area contributed by atoms with E-state index in [1.807, 2.05) is 12.1 Å². The van der Waals surface area contributed by atoms with Crippen molar-refractivity contribution in [2.75, 3.05) is 46.9 Å². The van der Waals surface area contributed by atoms with Crippen molar-refractivity contribution in [3.63, 3.8) is 0 Å². The average Bonchev–Trinajstić information content (AvgIpc) is 2.79. The summed E-state index contributed by atoms with van der Waals surface area (Å²) >= 11 is 0. The van der Waals surface area contributed by atoms with Gasteiger partial charge < -0.3 is 19.7 Å². The van der Waals surface area contributed by atoms with E-state index >= 15 is 0 Å². The molecule has 1 aliphatic rings. The molecular formula is C23H30N4O5. The lowest BCUT2D eigenvalue weighted by molar-refractivity contribution is -0.385. The smallest absolute Gasteiger partial charge is 0.286 e. The van der Waals surface area contributed by atoms with Gasteiger partial charge >= 0.3 is 0 Å². The van der Waals surface area contributed by atoms with Gasteiger partial charge in [-0.25, -0.2) is 0 Å². The molecule has 32 heavy (non-hydrogen) atoms. The summed E-state index contributed by atoms with van der Waals surface area (Å²) in [5.41, 5.74) is 1.72. The highest BCUT2D eigenvalue weighted by Gasteiger charge is 2.24. The number of carbonyl (C=O) groups excluding carboxylic acids is 1. The molecule has 0 radical (unpaired) electrons. The van der Waals surface area contributed by atoms with Crippen molar-refractivity contribution in [3.8, 4) is 11.5 Å². The molecule has 1 amide bonds. The first kappa shape index (κ1) is 23.5. The molecule has 0 atom stereocenters. The Bertz CT molecular complexity index is 957. The second-order valence-electron chi connectivity index (χ2n) is 7.79. The molecule has 0 saturated carbocycles. The third-order valence-electron chi connectivity index (χ3n) is 5.47. The maximum Gasteiger partial charge on any atom is 0.286 e. The van der Waals surface area contributed by atoms with E-state index in [2.05, 4.69) is 34.3 Å². The van der Waals surface area contributed by atoms with E-state index in [9.17, 15) is 14.9 Å². The van der Waals surface area contributed by atoms with Gasteiger partial charge in [-0.1, -0.05) is 24.3 Å². The zero-order chi connectivity index (χ0) is 23.1. The number of nitro groups is 1. The van der Waals surface area contributed by atoms with Gasteiger partial charge in [-0.3, -0.25) is 19.8 Å². The summed E-state index contributed by atoms with van der Waals surface area (Å²) in [6.45, 7) is 7.42. The fraction of sp³-hybridized carbons (Fsp3) is 0.435. The van der Waals surface area contributed by atoms with E-state index in [1.54, 1.807) is 6.92 Å². The second-order valence-corrected chi connectivity index (χ2v) is 7.79. The number of nitro benzene ring substituents is 1. The van der Waals surface area contributed by atoms with Crippen molar-refractivity contribution in [2.24, 2.45) is 0 Å². The molecule has 1 saturated heterocycles. The van der Waals surface area contributed by atoms with Gasteiger partial charge in [0.15, 0.2) is 11.5 Å². The predicted molar refractivity (Wildman–Crippen MR) is 121 cm³/mol. The molecule has 1 N–H and O–H groups in total. The summed E-state index contributed by atoms with van der Waals surface area (Å²) < 4.78 is 10.6. The van der Waals surface area contributed by atoms with Gasteiger partial charge in [-0.15, -0.1) is 0 Å². The molecule has 2 aromatic carbocycles. The standard InChI is InChI=1S/C23H30N4O5/c1-4-32-22-13-19(20(27(29)30)14-21(22)31-3)23(28)24-15-17-6-5-7-18(12-17)16-26-10-8-25(2)9-11-26/h5-7,12-14H,4,8-11,15-16H2,1-3H3,(H,24,28). The number of carbonyl (C=O) groups is 1. The van der Waals surface area contributed by atoms with Crippen molar-refractivity contribution < 1.29 is 19.2 Å². The van der Waals surface area contributed by atoms with Gasteiger partial charge in [-0.2, -0.15) is 0 Å². The second kappa shape index (κ2) is 10.9. The lowest BCUT2D eigenvalue weighted by Gasteiger charge is -2.32. The van der Waals surface area contributed by atoms with Crippen LogP contribution in [0.5, 0.6) is 11.5 Å². The molecule has 1 heterocycles. The Morgan fingerprint density at radius 3 is 2.50 bits per heavy atom. The topological polar surface area (TPSA) is 97.2 Å². The third kappa shape index (κ3) is 5.95. The predicted octanol–water partition coefficient (Wildman–Crippen LogP) is 2.68. The first-order valence-corrected chi connectivity index (χ1v) is 10.7. The van der Waals surface area contributed by atoms with Crippen LogP contribution >= 0.6 is 0 Å². The Hall–Kier alpha value is -3.17. The normalized spacial score (nSPS) is 14.7. The number of likely N-dealkylation sites (N-methyl/N-ethyl adjacent to an activating group) is 1. The number of piperazine rings is 1. The van der Waals surface area contributed by atoms with Gasteiger partial charge in [0.05, 0.1) is 24.7 Å². The third-order valence-corrected chi connectivity index (χ3v) is 5.47. The lowest BCUT2D eigenvalue weighted by Crippen LogP contribution is -2.43. The van der Waals surface area contributed by atoms with Crippen molar-refractivity contribution in [3.05, 3.63) is 63.2 Å². The molecule has 0 aliphatic carbocycles. The number of methoxy groups -OCH3 is 1. The van der Waals surface area contributed by atoms with Crippen LogP contribution in [0.3, 0.4) is 0 Å². The highest BCUT2D eigenvalue weighted by Crippen LogP contribution is 2.34. The summed E-state index contributed by atoms with van der Waals surface area (Å²) in [6, 6.07) is 10.6. The van der Waals surface area contributed by atoms with Crippen LogP contribution in [0.2, 0.25) is 0 Å². The molecule has 0 spiro atoms. The summed E-state index contributed by atoms with van der Waals surface area (Å²) in [5.74, 6) is -0.0311. The molecule has 1 fully saturated rings. The minimum Gasteiger partial charge on any atom is -0.493 e. The highest BCUT2D eigenvalue weighted by molar-refractivity contribution is 5.99. The molecule has 172 valence electrons. The SMILES string of the molecule is CCOc1cc(C(=O)NCc2cccc(CN3CCN(C)CC3)c2)c([N+](=O)[O-])cc1OC. The van der Waals surface area contributed by atoms with Crippen molar-refractivity contribution in [1.29, 1.82) is 0 Å². The van der Waals surface area contributed by atoms with Crippen LogP contribution in [-0.2, 0) is 13.1 Å². The maximum atomic E-state index is 12.8.